The van der Waals surface area contributed by atoms with Crippen LogP contribution in [0.1, 0.15) is 34.7 Å². The number of pyridine rings is 1. The lowest BCUT2D eigenvalue weighted by molar-refractivity contribution is -0.407. The predicted octanol–water partition coefficient (Wildman–Crippen LogP) is 2.79. The van der Waals surface area contributed by atoms with Gasteiger partial charge < -0.3 is 21.0 Å². The minimum atomic E-state index is -1.54. The Morgan fingerprint density at radius 3 is 2.39 bits per heavy atom. The third-order valence-electron chi connectivity index (χ3n) is 3.36. The highest BCUT2D eigenvalue weighted by molar-refractivity contribution is 6.44. The van der Waals surface area contributed by atoms with Crippen LogP contribution in [-0.4, -0.2) is 22.9 Å². The van der Waals surface area contributed by atoms with E-state index in [0.717, 1.165) is 0 Å². The van der Waals surface area contributed by atoms with E-state index in [1.54, 1.807) is 42.5 Å². The summed E-state index contributed by atoms with van der Waals surface area (Å²) in [6.07, 6.45) is 0. The monoisotopic (exact) mass is 419 g/mol. The Bertz CT molecular complexity index is 1020. The lowest BCUT2D eigenvalue weighted by atomic mass is 10.1. The first-order valence-corrected chi connectivity index (χ1v) is 9.16. The maximum atomic E-state index is 12.5. The maximum absolute atomic E-state index is 12.5. The highest BCUT2D eigenvalue weighted by Gasteiger charge is 2.17. The summed E-state index contributed by atoms with van der Waals surface area (Å²) < 4.78 is 0. The molecule has 0 aliphatic carbocycles. The second kappa shape index (κ2) is 9.50. The quantitative estimate of drug-likeness (QED) is 0.679. The van der Waals surface area contributed by atoms with E-state index in [4.69, 9.17) is 23.2 Å². The number of benzene rings is 2. The van der Waals surface area contributed by atoms with Gasteiger partial charge in [-0.2, -0.15) is 0 Å². The van der Waals surface area contributed by atoms with Gasteiger partial charge in [-0.05, 0) is 38.1 Å². The summed E-state index contributed by atoms with van der Waals surface area (Å²) in [7, 11) is 0. The Morgan fingerprint density at radius 2 is 1.75 bits per heavy atom. The molecule has 2 aromatic carbocycles. The van der Waals surface area contributed by atoms with Gasteiger partial charge in [-0.3, -0.25) is 4.79 Å². The molecule has 8 heteroatoms. The van der Waals surface area contributed by atoms with Crippen molar-refractivity contribution in [2.45, 2.75) is 19.9 Å². The molecule has 28 heavy (non-hydrogen) atoms. The van der Waals surface area contributed by atoms with Gasteiger partial charge in [-0.15, -0.1) is 0 Å². The molecule has 3 rings (SSSR count). The minimum Gasteiger partial charge on any atom is -0.543 e. The average Bonchev–Trinajstić information content (AvgIpc) is 2.63. The van der Waals surface area contributed by atoms with Gasteiger partial charge >= 0.3 is 0 Å². The zero-order valence-corrected chi connectivity index (χ0v) is 16.8. The number of carboxylic acid groups (broad SMARTS) is 1. The van der Waals surface area contributed by atoms with Crippen LogP contribution in [0.15, 0.2) is 48.5 Å². The lowest BCUT2D eigenvalue weighted by Gasteiger charge is -2.13. The summed E-state index contributed by atoms with van der Waals surface area (Å²) in [6.45, 7) is 4.11. The summed E-state index contributed by atoms with van der Waals surface area (Å²) in [5.74, 6) is -2.21. The lowest BCUT2D eigenvalue weighted by Crippen LogP contribution is -2.57. The number of nitrogens with one attached hydrogen (secondary N) is 1. The van der Waals surface area contributed by atoms with Crippen molar-refractivity contribution in [3.8, 4) is 0 Å². The summed E-state index contributed by atoms with van der Waals surface area (Å²) in [5.41, 5.74) is 3.80. The fourth-order valence-electron chi connectivity index (χ4n) is 2.23. The number of aromatic carboxylic acids is 1. The third kappa shape index (κ3) is 5.42. The summed E-state index contributed by atoms with van der Waals surface area (Å²) in [4.78, 5) is 27.8. The molecule has 6 nitrogen and oxygen atoms in total. The Balaban J connectivity index is 0.000000640. The second-order valence-corrected chi connectivity index (χ2v) is 7.10. The second-order valence-electron chi connectivity index (χ2n) is 6.31. The largest absolute Gasteiger partial charge is 0.543 e. The molecule has 0 saturated carbocycles. The first kappa shape index (κ1) is 21.6. The van der Waals surface area contributed by atoms with Crippen molar-refractivity contribution in [3.05, 3.63) is 69.8 Å². The van der Waals surface area contributed by atoms with Gasteiger partial charge in [0.25, 0.3) is 5.91 Å². The molecular formula is C20H19Cl2N3O3. The van der Waals surface area contributed by atoms with E-state index in [9.17, 15) is 14.7 Å². The van der Waals surface area contributed by atoms with Crippen molar-refractivity contribution in [3.63, 3.8) is 0 Å². The molecule has 146 valence electrons. The predicted molar refractivity (Wildman–Crippen MR) is 109 cm³/mol. The van der Waals surface area contributed by atoms with Crippen molar-refractivity contribution in [2.24, 2.45) is 0 Å². The number of aromatic nitrogens is 1. The van der Waals surface area contributed by atoms with Crippen LogP contribution in [0.4, 0.5) is 5.69 Å². The molecule has 4 N–H and O–H groups in total. The topological polar surface area (TPSA) is 110 Å². The fraction of sp³-hybridized carbons (Fsp3) is 0.150. The number of nitrogens with zero attached hydrogens (tertiary/aromatic N) is 1. The number of halogens is 2. The summed E-state index contributed by atoms with van der Waals surface area (Å²) >= 11 is 11.9. The van der Waals surface area contributed by atoms with Crippen molar-refractivity contribution in [1.29, 1.82) is 0 Å². The van der Waals surface area contributed by atoms with Crippen LogP contribution in [0.5, 0.6) is 0 Å². The van der Waals surface area contributed by atoms with E-state index in [2.05, 4.69) is 29.9 Å². The highest BCUT2D eigenvalue weighted by Crippen LogP contribution is 2.30. The Kier molecular flexibility index (Phi) is 7.34. The molecular weight excluding hydrogens is 401 g/mol. The van der Waals surface area contributed by atoms with Gasteiger partial charge in [-0.1, -0.05) is 47.5 Å². The Hall–Kier alpha value is -2.67. The van der Waals surface area contributed by atoms with Gasteiger partial charge in [0, 0.05) is 5.39 Å². The average molecular weight is 420 g/mol. The van der Waals surface area contributed by atoms with E-state index < -0.39 is 17.6 Å². The van der Waals surface area contributed by atoms with Crippen LogP contribution in [0.3, 0.4) is 0 Å². The molecule has 0 spiro atoms. The van der Waals surface area contributed by atoms with E-state index in [0.29, 0.717) is 16.9 Å². The van der Waals surface area contributed by atoms with Crippen LogP contribution in [0.25, 0.3) is 10.9 Å². The number of hydrogen-bond acceptors (Lipinski definition) is 4. The highest BCUT2D eigenvalue weighted by atomic mass is 35.5. The molecule has 0 saturated heterocycles. The number of para-hydroxylation sites is 1. The molecule has 3 aromatic rings. The molecule has 0 fully saturated rings. The smallest absolute Gasteiger partial charge is 0.257 e. The SMILES string of the molecule is CC(C)[NH3+].O=C(Nc1cccc(Cl)c1Cl)c1cc2ccccc2nc1C(=O)[O-]. The molecule has 0 unspecified atom stereocenters. The summed E-state index contributed by atoms with van der Waals surface area (Å²) in [5, 5.41) is 14.9. The number of anilines is 1. The van der Waals surface area contributed by atoms with E-state index in [-0.39, 0.29) is 21.3 Å². The molecule has 1 aromatic heterocycles. The standard InChI is InChI=1S/C17H10Cl2N2O3.C3H9N/c18-11-5-3-7-13(14(11)19)21-16(22)10-8-9-4-1-2-6-12(9)20-15(10)17(23)24;1-3(2)4/h1-8H,(H,21,22)(H,23,24);3H,4H2,1-2H3. The minimum absolute atomic E-state index is 0.121. The van der Waals surface area contributed by atoms with Crippen LogP contribution in [0, 0.1) is 0 Å². The van der Waals surface area contributed by atoms with Crippen LogP contribution < -0.4 is 16.2 Å². The van der Waals surface area contributed by atoms with Gasteiger partial charge in [0.05, 0.1) is 44.5 Å². The van der Waals surface area contributed by atoms with E-state index in [1.807, 2.05) is 0 Å². The van der Waals surface area contributed by atoms with Crippen LogP contribution >= 0.6 is 23.2 Å². The van der Waals surface area contributed by atoms with E-state index in [1.165, 1.54) is 6.07 Å². The van der Waals surface area contributed by atoms with Crippen LogP contribution in [0.2, 0.25) is 10.0 Å². The maximum Gasteiger partial charge on any atom is 0.257 e. The number of quaternary nitrogens is 1. The molecule has 0 aliphatic rings. The molecule has 0 aliphatic heterocycles. The first-order valence-electron chi connectivity index (χ1n) is 8.40. The first-order chi connectivity index (χ1) is 13.2. The van der Waals surface area contributed by atoms with Crippen molar-refractivity contribution in [2.75, 3.05) is 5.32 Å². The van der Waals surface area contributed by atoms with Gasteiger partial charge in [-0.25, -0.2) is 4.98 Å². The number of carbonyl (C=O) groups excluding carboxylic acids is 2. The van der Waals surface area contributed by atoms with Gasteiger partial charge in [0.2, 0.25) is 0 Å². The number of hydrogen-bond donors (Lipinski definition) is 2. The third-order valence-corrected chi connectivity index (χ3v) is 4.18. The Labute approximate surface area is 172 Å². The molecule has 0 bridgehead atoms. The Morgan fingerprint density at radius 1 is 1.11 bits per heavy atom. The van der Waals surface area contributed by atoms with Crippen LogP contribution in [-0.2, 0) is 0 Å². The molecule has 1 heterocycles. The number of carbonyl (C=O) groups is 2. The van der Waals surface area contributed by atoms with Crippen molar-refractivity contribution in [1.82, 2.24) is 4.98 Å². The van der Waals surface area contributed by atoms with Crippen molar-refractivity contribution >= 4 is 51.7 Å². The molecule has 1 amide bonds. The molecule has 0 radical (unpaired) electrons. The van der Waals surface area contributed by atoms with Gasteiger partial charge in [0.1, 0.15) is 0 Å². The fourth-order valence-corrected chi connectivity index (χ4v) is 2.58. The molecule has 0 atom stereocenters. The zero-order chi connectivity index (χ0) is 20.8. The number of carboxylic acids is 1. The normalized spacial score (nSPS) is 10.4. The summed E-state index contributed by atoms with van der Waals surface area (Å²) in [6, 6.07) is 13.6. The zero-order valence-electron chi connectivity index (χ0n) is 15.3. The number of amides is 1. The van der Waals surface area contributed by atoms with Gasteiger partial charge in [0.15, 0.2) is 0 Å². The number of rotatable bonds is 3. The van der Waals surface area contributed by atoms with E-state index >= 15 is 0 Å². The van der Waals surface area contributed by atoms with Crippen molar-refractivity contribution < 1.29 is 20.4 Å². The number of fused-ring (bicyclic) bond motifs is 1.